The van der Waals surface area contributed by atoms with E-state index in [0.717, 1.165) is 0 Å². The molecule has 1 fully saturated rings. The summed E-state index contributed by atoms with van der Waals surface area (Å²) in [5.74, 6) is -3.03. The molecule has 0 atom stereocenters. The zero-order chi connectivity index (χ0) is 11.6. The fraction of sp³-hybridized carbons (Fsp3) is 0.714. The zero-order valence-electron chi connectivity index (χ0n) is 7.54. The molecular weight excluding hydrogens is 217 g/mol. The molecule has 0 radical (unpaired) electrons. The van der Waals surface area contributed by atoms with Gasteiger partial charge in [-0.2, -0.15) is 13.2 Å². The Morgan fingerprint density at radius 1 is 1.40 bits per heavy atom. The number of alkyl halides is 3. The Morgan fingerprint density at radius 3 is 2.33 bits per heavy atom. The van der Waals surface area contributed by atoms with Crippen LogP contribution in [0.5, 0.6) is 0 Å². The number of amides is 1. The average molecular weight is 226 g/mol. The Kier molecular flexibility index (Phi) is 3.18. The molecule has 0 aliphatic carbocycles. The van der Waals surface area contributed by atoms with Crippen LogP contribution in [0.15, 0.2) is 0 Å². The number of carbonyl (C=O) groups is 2. The van der Waals surface area contributed by atoms with Crippen molar-refractivity contribution in [1.29, 1.82) is 0 Å². The molecule has 0 unspecified atom stereocenters. The van der Waals surface area contributed by atoms with E-state index in [1.807, 2.05) is 0 Å². The maximum Gasteiger partial charge on any atom is 0.471 e. The molecule has 0 bridgehead atoms. The number of aliphatic carboxylic acids is 1. The van der Waals surface area contributed by atoms with E-state index < -0.39 is 24.1 Å². The van der Waals surface area contributed by atoms with Crippen molar-refractivity contribution in [3.63, 3.8) is 0 Å². The monoisotopic (exact) mass is 226 g/mol. The van der Waals surface area contributed by atoms with Crippen LogP contribution in [0.1, 0.15) is 0 Å². The van der Waals surface area contributed by atoms with Crippen molar-refractivity contribution in [2.45, 2.75) is 12.2 Å². The van der Waals surface area contributed by atoms with Gasteiger partial charge in [-0.3, -0.25) is 14.5 Å². The lowest BCUT2D eigenvalue weighted by atomic mass is 10.1. The van der Waals surface area contributed by atoms with Gasteiger partial charge in [-0.05, 0) is 0 Å². The highest BCUT2D eigenvalue weighted by Crippen LogP contribution is 2.16. The maximum absolute atomic E-state index is 11.8. The molecule has 1 rings (SSSR count). The van der Waals surface area contributed by atoms with Gasteiger partial charge in [0.25, 0.3) is 0 Å². The number of carbonyl (C=O) groups excluding carboxylic acids is 1. The molecule has 0 saturated carbocycles. The van der Waals surface area contributed by atoms with Gasteiger partial charge < -0.3 is 10.4 Å². The van der Waals surface area contributed by atoms with Gasteiger partial charge in [0.15, 0.2) is 0 Å². The molecule has 2 N–H and O–H groups in total. The van der Waals surface area contributed by atoms with Crippen LogP contribution in [0.3, 0.4) is 0 Å². The Balaban J connectivity index is 2.23. The second-order valence-electron chi connectivity index (χ2n) is 3.26. The zero-order valence-corrected chi connectivity index (χ0v) is 7.54. The Morgan fingerprint density at radius 2 is 1.93 bits per heavy atom. The highest BCUT2D eigenvalue weighted by molar-refractivity contribution is 5.82. The molecule has 0 aromatic rings. The summed E-state index contributed by atoms with van der Waals surface area (Å²) in [5.41, 5.74) is 0. The predicted octanol–water partition coefficient (Wildman–Crippen LogP) is -0.566. The molecule has 5 nitrogen and oxygen atoms in total. The molecular formula is C7H9F3N2O3. The number of carboxylic acid groups (broad SMARTS) is 1. The average Bonchev–Trinajstić information content (AvgIpc) is 1.97. The first-order valence-corrected chi connectivity index (χ1v) is 4.11. The summed E-state index contributed by atoms with van der Waals surface area (Å²) in [4.78, 5) is 22.0. The van der Waals surface area contributed by atoms with Gasteiger partial charge in [-0.25, -0.2) is 0 Å². The van der Waals surface area contributed by atoms with Crippen LogP contribution in [0.25, 0.3) is 0 Å². The molecule has 8 heteroatoms. The lowest BCUT2D eigenvalue weighted by molar-refractivity contribution is -0.175. The normalized spacial score (nSPS) is 18.3. The summed E-state index contributed by atoms with van der Waals surface area (Å²) in [6.45, 7) is 0.0423. The van der Waals surface area contributed by atoms with Gasteiger partial charge in [0.1, 0.15) is 0 Å². The van der Waals surface area contributed by atoms with E-state index >= 15 is 0 Å². The Hall–Kier alpha value is -1.31. The van der Waals surface area contributed by atoms with E-state index in [4.69, 9.17) is 5.11 Å². The fourth-order valence-electron chi connectivity index (χ4n) is 1.25. The quantitative estimate of drug-likeness (QED) is 0.676. The maximum atomic E-state index is 11.8. The summed E-state index contributed by atoms with van der Waals surface area (Å²) in [6, 6.07) is -0.613. The third-order valence-corrected chi connectivity index (χ3v) is 1.91. The molecule has 1 amide bonds. The molecule has 86 valence electrons. The van der Waals surface area contributed by atoms with Crippen molar-refractivity contribution in [3.05, 3.63) is 0 Å². The standard InChI is InChI=1S/C7H9F3N2O3/c8-7(9,10)6(15)11-4-1-12(2-4)3-5(13)14/h4H,1-3H2,(H,11,15)(H,13,14). The highest BCUT2D eigenvalue weighted by Gasteiger charge is 2.41. The minimum absolute atomic E-state index is 0.133. The molecule has 0 aromatic carbocycles. The SMILES string of the molecule is O=C(O)CN1CC(NC(=O)C(F)(F)F)C1. The first-order chi connectivity index (χ1) is 6.79. The third-order valence-electron chi connectivity index (χ3n) is 1.91. The van der Waals surface area contributed by atoms with Crippen molar-refractivity contribution in [2.75, 3.05) is 19.6 Å². The van der Waals surface area contributed by atoms with Gasteiger partial charge in [0, 0.05) is 13.1 Å². The van der Waals surface area contributed by atoms with Crippen LogP contribution in [-0.2, 0) is 9.59 Å². The van der Waals surface area contributed by atoms with Crippen LogP contribution < -0.4 is 5.32 Å². The number of hydrogen-bond donors (Lipinski definition) is 2. The van der Waals surface area contributed by atoms with Gasteiger partial charge >= 0.3 is 18.1 Å². The molecule has 1 aliphatic rings. The second-order valence-corrected chi connectivity index (χ2v) is 3.26. The molecule has 1 heterocycles. The van der Waals surface area contributed by atoms with Crippen molar-refractivity contribution in [3.8, 4) is 0 Å². The van der Waals surface area contributed by atoms with Gasteiger partial charge in [0.05, 0.1) is 12.6 Å². The summed E-state index contributed by atoms with van der Waals surface area (Å²) in [6.07, 6.45) is -4.88. The summed E-state index contributed by atoms with van der Waals surface area (Å²) in [7, 11) is 0. The Bertz CT molecular complexity index is 273. The second kappa shape index (κ2) is 4.05. The number of likely N-dealkylation sites (tertiary alicyclic amines) is 1. The first-order valence-electron chi connectivity index (χ1n) is 4.11. The molecule has 15 heavy (non-hydrogen) atoms. The van der Waals surface area contributed by atoms with Crippen LogP contribution in [-0.4, -0.2) is 53.7 Å². The smallest absolute Gasteiger partial charge is 0.471 e. The number of rotatable bonds is 3. The fourth-order valence-corrected chi connectivity index (χ4v) is 1.25. The summed E-state index contributed by atoms with van der Waals surface area (Å²) < 4.78 is 35.3. The molecule has 0 aromatic heterocycles. The van der Waals surface area contributed by atoms with Crippen LogP contribution in [0, 0.1) is 0 Å². The lowest BCUT2D eigenvalue weighted by Gasteiger charge is -2.38. The number of nitrogens with zero attached hydrogens (tertiary/aromatic N) is 1. The molecule has 1 aliphatic heterocycles. The van der Waals surface area contributed by atoms with Gasteiger partial charge in [0.2, 0.25) is 0 Å². The minimum atomic E-state index is -4.88. The van der Waals surface area contributed by atoms with Crippen LogP contribution in [0.4, 0.5) is 13.2 Å². The predicted molar refractivity (Wildman–Crippen MR) is 42.1 cm³/mol. The number of hydrogen-bond acceptors (Lipinski definition) is 3. The number of nitrogens with one attached hydrogen (secondary N) is 1. The van der Waals surface area contributed by atoms with Gasteiger partial charge in [-0.1, -0.05) is 0 Å². The van der Waals surface area contributed by atoms with E-state index in [-0.39, 0.29) is 19.6 Å². The van der Waals surface area contributed by atoms with E-state index in [1.54, 1.807) is 5.32 Å². The largest absolute Gasteiger partial charge is 0.480 e. The van der Waals surface area contributed by atoms with Crippen molar-refractivity contribution < 1.29 is 27.9 Å². The van der Waals surface area contributed by atoms with Crippen molar-refractivity contribution in [1.82, 2.24) is 10.2 Å². The Labute approximate surface area is 82.8 Å². The lowest BCUT2D eigenvalue weighted by Crippen LogP contribution is -2.61. The first kappa shape index (κ1) is 11.8. The van der Waals surface area contributed by atoms with E-state index in [0.29, 0.717) is 0 Å². The van der Waals surface area contributed by atoms with E-state index in [1.165, 1.54) is 4.90 Å². The summed E-state index contributed by atoms with van der Waals surface area (Å²) in [5, 5.41) is 10.1. The number of halogens is 3. The summed E-state index contributed by atoms with van der Waals surface area (Å²) >= 11 is 0. The minimum Gasteiger partial charge on any atom is -0.480 e. The van der Waals surface area contributed by atoms with E-state index in [2.05, 4.69) is 0 Å². The molecule has 1 saturated heterocycles. The van der Waals surface area contributed by atoms with Crippen molar-refractivity contribution in [2.24, 2.45) is 0 Å². The number of carboxylic acids is 1. The molecule has 0 spiro atoms. The van der Waals surface area contributed by atoms with Crippen LogP contribution >= 0.6 is 0 Å². The van der Waals surface area contributed by atoms with Crippen LogP contribution in [0.2, 0.25) is 0 Å². The topological polar surface area (TPSA) is 69.6 Å². The third kappa shape index (κ3) is 3.39. The highest BCUT2D eigenvalue weighted by atomic mass is 19.4. The van der Waals surface area contributed by atoms with Gasteiger partial charge in [-0.15, -0.1) is 0 Å². The van der Waals surface area contributed by atoms with E-state index in [9.17, 15) is 22.8 Å². The van der Waals surface area contributed by atoms with Crippen molar-refractivity contribution >= 4 is 11.9 Å².